The molecule has 3 nitrogen and oxygen atoms in total. The van der Waals surface area contributed by atoms with Gasteiger partial charge in [-0.15, -0.1) is 0 Å². The Kier molecular flexibility index (Phi) is 3.23. The van der Waals surface area contributed by atoms with Gasteiger partial charge in [0.15, 0.2) is 0 Å². The summed E-state index contributed by atoms with van der Waals surface area (Å²) in [5.74, 6) is 1.72. The lowest BCUT2D eigenvalue weighted by molar-refractivity contribution is 0.440. The standard InChI is InChI=1S/C15H19NO2S/c1-11-2-6-15(7-3-11)19(17,18)16-10-14-9-12-4-5-13(14)8-12/h2-7,12-14,16H,8-10H2,1H3/t12?,13?,14-/m1/s1. The molecule has 0 amide bonds. The second-order valence-corrected chi connectivity index (χ2v) is 7.47. The number of allylic oxidation sites excluding steroid dienone is 2. The molecule has 0 radical (unpaired) electrons. The minimum atomic E-state index is -3.36. The summed E-state index contributed by atoms with van der Waals surface area (Å²) in [6, 6.07) is 6.99. The summed E-state index contributed by atoms with van der Waals surface area (Å²) >= 11 is 0. The molecule has 1 aromatic rings. The van der Waals surface area contributed by atoms with Gasteiger partial charge in [0.1, 0.15) is 0 Å². The zero-order chi connectivity index (χ0) is 13.5. The van der Waals surface area contributed by atoms with E-state index in [1.54, 1.807) is 12.1 Å². The third-order valence-electron chi connectivity index (χ3n) is 4.28. The van der Waals surface area contributed by atoms with Crippen LogP contribution in [0.1, 0.15) is 18.4 Å². The van der Waals surface area contributed by atoms with E-state index in [4.69, 9.17) is 0 Å². The maximum absolute atomic E-state index is 12.2. The van der Waals surface area contributed by atoms with Gasteiger partial charge in [-0.1, -0.05) is 29.8 Å². The molecule has 4 heteroatoms. The minimum absolute atomic E-state index is 0.358. The van der Waals surface area contributed by atoms with Crippen molar-refractivity contribution in [2.45, 2.75) is 24.7 Å². The van der Waals surface area contributed by atoms with Crippen LogP contribution in [0.2, 0.25) is 0 Å². The van der Waals surface area contributed by atoms with E-state index >= 15 is 0 Å². The van der Waals surface area contributed by atoms with E-state index in [-0.39, 0.29) is 0 Å². The molecule has 1 saturated carbocycles. The van der Waals surface area contributed by atoms with Gasteiger partial charge in [-0.05, 0) is 49.7 Å². The van der Waals surface area contributed by atoms with Crippen molar-refractivity contribution in [1.29, 1.82) is 0 Å². The Morgan fingerprint density at radius 3 is 2.47 bits per heavy atom. The predicted octanol–water partition coefficient (Wildman–Crippen LogP) is 2.49. The van der Waals surface area contributed by atoms with Crippen molar-refractivity contribution < 1.29 is 8.42 Å². The molecule has 0 aliphatic heterocycles. The molecular formula is C15H19NO2S. The first-order valence-electron chi connectivity index (χ1n) is 6.79. The first-order valence-corrected chi connectivity index (χ1v) is 8.27. The lowest BCUT2D eigenvalue weighted by Crippen LogP contribution is -2.31. The Balaban J connectivity index is 1.66. The van der Waals surface area contributed by atoms with Gasteiger partial charge in [-0.2, -0.15) is 0 Å². The van der Waals surface area contributed by atoms with Crippen molar-refractivity contribution in [2.75, 3.05) is 6.54 Å². The molecule has 1 N–H and O–H groups in total. The molecule has 2 unspecified atom stereocenters. The van der Waals surface area contributed by atoms with Crippen molar-refractivity contribution in [3.8, 4) is 0 Å². The highest BCUT2D eigenvalue weighted by molar-refractivity contribution is 7.89. The Morgan fingerprint density at radius 2 is 1.89 bits per heavy atom. The largest absolute Gasteiger partial charge is 0.240 e. The van der Waals surface area contributed by atoms with E-state index in [2.05, 4.69) is 16.9 Å². The Labute approximate surface area is 114 Å². The van der Waals surface area contributed by atoms with Gasteiger partial charge in [0.05, 0.1) is 4.90 Å². The predicted molar refractivity (Wildman–Crippen MR) is 75.2 cm³/mol. The quantitative estimate of drug-likeness (QED) is 0.859. The van der Waals surface area contributed by atoms with Gasteiger partial charge in [0.2, 0.25) is 10.0 Å². The maximum Gasteiger partial charge on any atom is 0.240 e. The smallest absolute Gasteiger partial charge is 0.211 e. The van der Waals surface area contributed by atoms with Crippen LogP contribution in [0.25, 0.3) is 0 Å². The zero-order valence-corrected chi connectivity index (χ0v) is 11.9. The molecule has 0 spiro atoms. The highest BCUT2D eigenvalue weighted by atomic mass is 32.2. The summed E-state index contributed by atoms with van der Waals surface area (Å²) in [6.45, 7) is 2.51. The van der Waals surface area contributed by atoms with Crippen molar-refractivity contribution >= 4 is 10.0 Å². The van der Waals surface area contributed by atoms with Crippen LogP contribution in [0.4, 0.5) is 0 Å². The number of fused-ring (bicyclic) bond motifs is 2. The Hall–Kier alpha value is -1.13. The second-order valence-electron chi connectivity index (χ2n) is 5.71. The highest BCUT2D eigenvalue weighted by Gasteiger charge is 2.35. The SMILES string of the molecule is Cc1ccc(S(=O)(=O)NC[C@H]2CC3C=CC2C3)cc1. The minimum Gasteiger partial charge on any atom is -0.211 e. The second kappa shape index (κ2) is 4.76. The van der Waals surface area contributed by atoms with Crippen LogP contribution in [0, 0.1) is 24.7 Å². The van der Waals surface area contributed by atoms with E-state index in [0.29, 0.717) is 29.2 Å². The first-order chi connectivity index (χ1) is 9.04. The average molecular weight is 277 g/mol. The molecular weight excluding hydrogens is 258 g/mol. The molecule has 102 valence electrons. The van der Waals surface area contributed by atoms with Crippen LogP contribution in [0.5, 0.6) is 0 Å². The van der Waals surface area contributed by atoms with Crippen LogP contribution in [-0.2, 0) is 10.0 Å². The fourth-order valence-corrected chi connectivity index (χ4v) is 4.24. The number of aryl methyl sites for hydroxylation is 1. The van der Waals surface area contributed by atoms with Crippen molar-refractivity contribution in [3.05, 3.63) is 42.0 Å². The number of rotatable bonds is 4. The Morgan fingerprint density at radius 1 is 1.16 bits per heavy atom. The first kappa shape index (κ1) is 12.9. The monoisotopic (exact) mass is 277 g/mol. The lowest BCUT2D eigenvalue weighted by Gasteiger charge is -2.18. The molecule has 3 rings (SSSR count). The summed E-state index contributed by atoms with van der Waals surface area (Å²) < 4.78 is 27.1. The maximum atomic E-state index is 12.2. The van der Waals surface area contributed by atoms with Crippen molar-refractivity contribution in [3.63, 3.8) is 0 Å². The molecule has 2 aliphatic rings. The molecule has 2 bridgehead atoms. The van der Waals surface area contributed by atoms with Crippen molar-refractivity contribution in [2.24, 2.45) is 17.8 Å². The van der Waals surface area contributed by atoms with Crippen LogP contribution >= 0.6 is 0 Å². The van der Waals surface area contributed by atoms with Gasteiger partial charge in [0, 0.05) is 6.54 Å². The number of hydrogen-bond donors (Lipinski definition) is 1. The zero-order valence-electron chi connectivity index (χ0n) is 11.0. The van der Waals surface area contributed by atoms with E-state index in [9.17, 15) is 8.42 Å². The highest BCUT2D eigenvalue weighted by Crippen LogP contribution is 2.43. The summed E-state index contributed by atoms with van der Waals surface area (Å²) in [6.07, 6.45) is 6.85. The molecule has 0 saturated heterocycles. The third kappa shape index (κ3) is 2.60. The van der Waals surface area contributed by atoms with E-state index in [0.717, 1.165) is 12.0 Å². The van der Waals surface area contributed by atoms with E-state index in [1.165, 1.54) is 6.42 Å². The van der Waals surface area contributed by atoms with Crippen LogP contribution < -0.4 is 4.72 Å². The molecule has 0 aromatic heterocycles. The molecule has 3 atom stereocenters. The Bertz CT molecular complexity index is 589. The summed E-state index contributed by atoms with van der Waals surface area (Å²) in [5.41, 5.74) is 1.07. The third-order valence-corrected chi connectivity index (χ3v) is 5.72. The number of sulfonamides is 1. The fourth-order valence-electron chi connectivity index (χ4n) is 3.15. The normalized spacial score (nSPS) is 29.0. The van der Waals surface area contributed by atoms with E-state index in [1.807, 2.05) is 19.1 Å². The molecule has 19 heavy (non-hydrogen) atoms. The van der Waals surface area contributed by atoms with Crippen molar-refractivity contribution in [1.82, 2.24) is 4.72 Å². The average Bonchev–Trinajstić information content (AvgIpc) is 2.99. The molecule has 1 aromatic carbocycles. The lowest BCUT2D eigenvalue weighted by atomic mass is 9.94. The number of nitrogens with one attached hydrogen (secondary N) is 1. The van der Waals surface area contributed by atoms with Gasteiger partial charge < -0.3 is 0 Å². The summed E-state index contributed by atoms with van der Waals surface area (Å²) in [4.78, 5) is 0.358. The summed E-state index contributed by atoms with van der Waals surface area (Å²) in [5, 5.41) is 0. The van der Waals surface area contributed by atoms with Gasteiger partial charge in [0.25, 0.3) is 0 Å². The number of benzene rings is 1. The molecule has 0 heterocycles. The molecule has 2 aliphatic carbocycles. The fraction of sp³-hybridized carbons (Fsp3) is 0.467. The van der Waals surface area contributed by atoms with Gasteiger partial charge in [-0.25, -0.2) is 13.1 Å². The molecule has 1 fully saturated rings. The van der Waals surface area contributed by atoms with E-state index < -0.39 is 10.0 Å². The topological polar surface area (TPSA) is 46.2 Å². The summed E-state index contributed by atoms with van der Waals surface area (Å²) in [7, 11) is -3.36. The van der Waals surface area contributed by atoms with Crippen LogP contribution in [0.15, 0.2) is 41.3 Å². The van der Waals surface area contributed by atoms with Gasteiger partial charge >= 0.3 is 0 Å². The van der Waals surface area contributed by atoms with Gasteiger partial charge in [-0.3, -0.25) is 0 Å². The van der Waals surface area contributed by atoms with Crippen LogP contribution in [-0.4, -0.2) is 15.0 Å². The van der Waals surface area contributed by atoms with Crippen LogP contribution in [0.3, 0.4) is 0 Å². The number of hydrogen-bond acceptors (Lipinski definition) is 2.